The summed E-state index contributed by atoms with van der Waals surface area (Å²) in [5.74, 6) is -1.34. The fourth-order valence-corrected chi connectivity index (χ4v) is 3.27. The van der Waals surface area contributed by atoms with E-state index in [1.165, 1.54) is 18.2 Å². The van der Waals surface area contributed by atoms with Gasteiger partial charge in [0.2, 0.25) is 10.0 Å². The van der Waals surface area contributed by atoms with Gasteiger partial charge in [0.15, 0.2) is 0 Å². The second kappa shape index (κ2) is 6.45. The Hall–Kier alpha value is -0.980. The number of aromatic carboxylic acids is 1. The molecule has 0 saturated carbocycles. The largest absolute Gasteiger partial charge is 0.478 e. The molecule has 19 heavy (non-hydrogen) atoms. The zero-order chi connectivity index (χ0) is 14.6. The molecule has 1 atom stereocenters. The van der Waals surface area contributed by atoms with Crippen molar-refractivity contribution in [3.63, 3.8) is 0 Å². The molecule has 1 aromatic carbocycles. The third kappa shape index (κ3) is 4.89. The van der Waals surface area contributed by atoms with Gasteiger partial charge in [-0.3, -0.25) is 4.72 Å². The van der Waals surface area contributed by atoms with E-state index in [1.54, 1.807) is 6.92 Å². The fraction of sp³-hybridized carbons (Fsp3) is 0.364. The maximum Gasteiger partial charge on any atom is 0.337 e. The first-order valence-electron chi connectivity index (χ1n) is 5.34. The smallest absolute Gasteiger partial charge is 0.337 e. The van der Waals surface area contributed by atoms with Gasteiger partial charge in [-0.25, -0.2) is 13.2 Å². The van der Waals surface area contributed by atoms with Gasteiger partial charge in [0.1, 0.15) is 0 Å². The number of rotatable bonds is 6. The molecule has 106 valence electrons. The monoisotopic (exact) mass is 325 g/mol. The number of sulfonamides is 1. The molecule has 0 aliphatic rings. The van der Waals surface area contributed by atoms with Crippen molar-refractivity contribution < 1.29 is 18.3 Å². The molecule has 2 N–H and O–H groups in total. The molecule has 5 nitrogen and oxygen atoms in total. The molecule has 1 rings (SSSR count). The van der Waals surface area contributed by atoms with Crippen LogP contribution in [0.1, 0.15) is 17.3 Å². The predicted molar refractivity (Wildman–Crippen MR) is 75.7 cm³/mol. The third-order valence-electron chi connectivity index (χ3n) is 2.24. The number of anilines is 1. The molecule has 0 bridgehead atoms. The van der Waals surface area contributed by atoms with E-state index in [1.807, 2.05) is 0 Å². The van der Waals surface area contributed by atoms with E-state index < -0.39 is 16.0 Å². The Balaban J connectivity index is 2.94. The second-order valence-corrected chi connectivity index (χ2v) is 6.63. The summed E-state index contributed by atoms with van der Waals surface area (Å²) >= 11 is 11.3. The molecule has 0 aliphatic carbocycles. The van der Waals surface area contributed by atoms with Crippen molar-refractivity contribution in [2.24, 2.45) is 5.92 Å². The van der Waals surface area contributed by atoms with E-state index in [-0.39, 0.29) is 33.8 Å². The Morgan fingerprint density at radius 3 is 2.63 bits per heavy atom. The summed E-state index contributed by atoms with van der Waals surface area (Å²) in [6, 6.07) is 3.90. The minimum atomic E-state index is -3.57. The zero-order valence-electron chi connectivity index (χ0n) is 10.1. The van der Waals surface area contributed by atoms with Gasteiger partial charge in [0.25, 0.3) is 0 Å². The number of hydrogen-bond donors (Lipinski definition) is 2. The maximum absolute atomic E-state index is 11.8. The molecule has 0 aromatic heterocycles. The molecule has 0 amide bonds. The van der Waals surface area contributed by atoms with Gasteiger partial charge in [0, 0.05) is 11.6 Å². The van der Waals surface area contributed by atoms with Gasteiger partial charge in [-0.05, 0) is 24.1 Å². The summed E-state index contributed by atoms with van der Waals surface area (Å²) in [7, 11) is -3.57. The van der Waals surface area contributed by atoms with E-state index in [0.717, 1.165) is 0 Å². The predicted octanol–water partition coefficient (Wildman–Crippen LogP) is 2.65. The Bertz CT molecular complexity index is 574. The molecule has 8 heteroatoms. The van der Waals surface area contributed by atoms with Crippen molar-refractivity contribution in [3.8, 4) is 0 Å². The molecule has 0 aliphatic heterocycles. The Morgan fingerprint density at radius 1 is 1.47 bits per heavy atom. The average molecular weight is 326 g/mol. The van der Waals surface area contributed by atoms with Crippen LogP contribution < -0.4 is 4.72 Å². The first-order valence-corrected chi connectivity index (χ1v) is 7.91. The van der Waals surface area contributed by atoms with Crippen LogP contribution in [0.3, 0.4) is 0 Å². The number of carbonyl (C=O) groups is 1. The lowest BCUT2D eigenvalue weighted by Crippen LogP contribution is -2.22. The van der Waals surface area contributed by atoms with Crippen LogP contribution in [-0.2, 0) is 10.0 Å². The summed E-state index contributed by atoms with van der Waals surface area (Å²) in [6.07, 6.45) is 0. The Labute approximate surface area is 121 Å². The minimum absolute atomic E-state index is 0.0459. The molecule has 0 saturated heterocycles. The van der Waals surface area contributed by atoms with E-state index in [4.69, 9.17) is 28.3 Å². The summed E-state index contributed by atoms with van der Waals surface area (Å²) in [4.78, 5) is 10.9. The number of carboxylic acids is 1. The lowest BCUT2D eigenvalue weighted by atomic mass is 10.2. The molecular formula is C11H13Cl2NO4S. The topological polar surface area (TPSA) is 83.5 Å². The molecule has 0 heterocycles. The van der Waals surface area contributed by atoms with Crippen LogP contribution in [0.5, 0.6) is 0 Å². The van der Waals surface area contributed by atoms with Gasteiger partial charge in [0.05, 0.1) is 16.3 Å². The van der Waals surface area contributed by atoms with Crippen molar-refractivity contribution in [1.29, 1.82) is 0 Å². The van der Waals surface area contributed by atoms with Gasteiger partial charge < -0.3 is 5.11 Å². The number of benzene rings is 1. The molecule has 0 spiro atoms. The normalized spacial score (nSPS) is 13.0. The molecule has 0 fully saturated rings. The van der Waals surface area contributed by atoms with Crippen molar-refractivity contribution >= 4 is 44.9 Å². The van der Waals surface area contributed by atoms with Crippen molar-refractivity contribution in [2.45, 2.75) is 6.92 Å². The number of halogens is 2. The average Bonchev–Trinajstić information content (AvgIpc) is 2.30. The quantitative estimate of drug-likeness (QED) is 0.787. The standard InChI is InChI=1S/C11H13Cl2NO4S/c1-7(5-12)6-19(17,18)14-8-2-3-10(13)9(4-8)11(15)16/h2-4,7,14H,5-6H2,1H3,(H,15,16). The summed E-state index contributed by atoms with van der Waals surface area (Å²) in [6.45, 7) is 1.71. The maximum atomic E-state index is 11.8. The lowest BCUT2D eigenvalue weighted by molar-refractivity contribution is 0.0697. The highest BCUT2D eigenvalue weighted by atomic mass is 35.5. The van der Waals surface area contributed by atoms with Crippen LogP contribution >= 0.6 is 23.2 Å². The minimum Gasteiger partial charge on any atom is -0.478 e. The van der Waals surface area contributed by atoms with E-state index in [0.29, 0.717) is 0 Å². The highest BCUT2D eigenvalue weighted by Gasteiger charge is 2.17. The van der Waals surface area contributed by atoms with Crippen LogP contribution in [-0.4, -0.2) is 31.1 Å². The van der Waals surface area contributed by atoms with Crippen molar-refractivity contribution in [3.05, 3.63) is 28.8 Å². The summed E-state index contributed by atoms with van der Waals surface area (Å²) < 4.78 is 25.9. The highest BCUT2D eigenvalue weighted by Crippen LogP contribution is 2.21. The van der Waals surface area contributed by atoms with Crippen molar-refractivity contribution in [2.75, 3.05) is 16.4 Å². The van der Waals surface area contributed by atoms with E-state index in [9.17, 15) is 13.2 Å². The number of alkyl halides is 1. The highest BCUT2D eigenvalue weighted by molar-refractivity contribution is 7.92. The van der Waals surface area contributed by atoms with E-state index in [2.05, 4.69) is 4.72 Å². The van der Waals surface area contributed by atoms with Gasteiger partial charge in [-0.2, -0.15) is 0 Å². The van der Waals surface area contributed by atoms with Crippen LogP contribution in [0.4, 0.5) is 5.69 Å². The second-order valence-electron chi connectivity index (χ2n) is 4.14. The molecule has 1 aromatic rings. The molecule has 1 unspecified atom stereocenters. The van der Waals surface area contributed by atoms with Crippen LogP contribution in [0.15, 0.2) is 18.2 Å². The SMILES string of the molecule is CC(CCl)CS(=O)(=O)Nc1ccc(Cl)c(C(=O)O)c1. The fourth-order valence-electron chi connectivity index (χ4n) is 1.39. The first-order chi connectivity index (χ1) is 8.75. The zero-order valence-corrected chi connectivity index (χ0v) is 12.4. The Kier molecular flexibility index (Phi) is 5.46. The molecular weight excluding hydrogens is 313 g/mol. The van der Waals surface area contributed by atoms with E-state index >= 15 is 0 Å². The number of carboxylic acid groups (broad SMARTS) is 1. The van der Waals surface area contributed by atoms with Crippen molar-refractivity contribution in [1.82, 2.24) is 0 Å². The van der Waals surface area contributed by atoms with Gasteiger partial charge in [-0.15, -0.1) is 11.6 Å². The third-order valence-corrected chi connectivity index (χ3v) is 4.65. The van der Waals surface area contributed by atoms with Crippen LogP contribution in [0, 0.1) is 5.92 Å². The van der Waals surface area contributed by atoms with Crippen LogP contribution in [0.25, 0.3) is 0 Å². The number of nitrogens with one attached hydrogen (secondary N) is 1. The van der Waals surface area contributed by atoms with Crippen LogP contribution in [0.2, 0.25) is 5.02 Å². The first kappa shape index (κ1) is 16.1. The van der Waals surface area contributed by atoms with Gasteiger partial charge >= 0.3 is 5.97 Å². The number of hydrogen-bond acceptors (Lipinski definition) is 3. The van der Waals surface area contributed by atoms with Gasteiger partial charge in [-0.1, -0.05) is 18.5 Å². The lowest BCUT2D eigenvalue weighted by Gasteiger charge is -2.11. The summed E-state index contributed by atoms with van der Waals surface area (Å²) in [5.41, 5.74) is -0.00386. The Morgan fingerprint density at radius 2 is 2.11 bits per heavy atom. The molecule has 0 radical (unpaired) electrons. The summed E-state index contributed by atoms with van der Waals surface area (Å²) in [5, 5.41) is 8.94.